The molecule has 1 aliphatic carbocycles. The van der Waals surface area contributed by atoms with Crippen LogP contribution in [0.3, 0.4) is 0 Å². The van der Waals surface area contributed by atoms with E-state index in [0.717, 1.165) is 36.1 Å². The van der Waals surface area contributed by atoms with E-state index in [0.29, 0.717) is 18.4 Å². The van der Waals surface area contributed by atoms with Crippen LogP contribution in [-0.2, 0) is 0 Å². The van der Waals surface area contributed by atoms with E-state index >= 15 is 0 Å². The number of nitrogens with one attached hydrogen (secondary N) is 4. The van der Waals surface area contributed by atoms with Crippen molar-refractivity contribution < 1.29 is 0 Å². The van der Waals surface area contributed by atoms with Gasteiger partial charge in [0.25, 0.3) is 0 Å². The zero-order valence-corrected chi connectivity index (χ0v) is 17.3. The van der Waals surface area contributed by atoms with Gasteiger partial charge in [0, 0.05) is 43.4 Å². The zero-order valence-electron chi connectivity index (χ0n) is 17.3. The minimum absolute atomic E-state index is 0.580. The van der Waals surface area contributed by atoms with Crippen LogP contribution in [0.5, 0.6) is 0 Å². The lowest BCUT2D eigenvalue weighted by atomic mass is 10.1. The van der Waals surface area contributed by atoms with Gasteiger partial charge in [0.15, 0.2) is 5.82 Å². The number of anilines is 4. The third-order valence-electron chi connectivity index (χ3n) is 5.33. The maximum absolute atomic E-state index is 4.61. The van der Waals surface area contributed by atoms with E-state index < -0.39 is 0 Å². The van der Waals surface area contributed by atoms with Crippen molar-refractivity contribution >= 4 is 23.4 Å². The van der Waals surface area contributed by atoms with Crippen molar-refractivity contribution in [1.29, 1.82) is 0 Å². The Balaban J connectivity index is 1.41. The van der Waals surface area contributed by atoms with Gasteiger partial charge in [-0.25, -0.2) is 0 Å². The summed E-state index contributed by atoms with van der Waals surface area (Å²) in [4.78, 5) is 11.7. The molecule has 0 radical (unpaired) electrons. The summed E-state index contributed by atoms with van der Waals surface area (Å²) in [6, 6.07) is 4.01. The van der Waals surface area contributed by atoms with E-state index in [1.54, 1.807) is 0 Å². The molecule has 3 heterocycles. The molecule has 8 nitrogen and oxygen atoms in total. The van der Waals surface area contributed by atoms with E-state index in [9.17, 15) is 0 Å². The van der Waals surface area contributed by atoms with E-state index in [4.69, 9.17) is 0 Å². The standard InChI is InChI=1S/C21H32N8/c1-15(2)14-23-21-25-18(22-8-11-29-9-4-3-5-10-29)13-19(26-21)24-20-12-17(27-28-20)16-6-7-16/h12-13,16H,1,3-11,14H2,2H3,(H4,22,23,24,25,26,27,28). The van der Waals surface area contributed by atoms with Gasteiger partial charge in [-0.2, -0.15) is 15.1 Å². The van der Waals surface area contributed by atoms with Gasteiger partial charge in [0.1, 0.15) is 11.6 Å². The summed E-state index contributed by atoms with van der Waals surface area (Å²) in [5.74, 6) is 3.54. The van der Waals surface area contributed by atoms with Gasteiger partial charge in [0.2, 0.25) is 5.95 Å². The number of nitrogens with zero attached hydrogens (tertiary/aromatic N) is 4. The van der Waals surface area contributed by atoms with Crippen LogP contribution in [0.25, 0.3) is 0 Å². The van der Waals surface area contributed by atoms with Crippen molar-refractivity contribution in [1.82, 2.24) is 25.1 Å². The lowest BCUT2D eigenvalue weighted by Crippen LogP contribution is -2.33. The summed E-state index contributed by atoms with van der Waals surface area (Å²) in [7, 11) is 0. The van der Waals surface area contributed by atoms with Crippen molar-refractivity contribution in [2.24, 2.45) is 0 Å². The van der Waals surface area contributed by atoms with Crippen LogP contribution in [0.4, 0.5) is 23.4 Å². The Morgan fingerprint density at radius 2 is 1.90 bits per heavy atom. The molecular weight excluding hydrogens is 364 g/mol. The van der Waals surface area contributed by atoms with Gasteiger partial charge >= 0.3 is 0 Å². The van der Waals surface area contributed by atoms with Crippen LogP contribution in [0, 0.1) is 0 Å². The van der Waals surface area contributed by atoms with Gasteiger partial charge in [-0.05, 0) is 45.7 Å². The number of rotatable bonds is 10. The summed E-state index contributed by atoms with van der Waals surface area (Å²) in [5, 5.41) is 17.5. The average molecular weight is 397 g/mol. The second-order valence-electron chi connectivity index (χ2n) is 8.21. The van der Waals surface area contributed by atoms with Gasteiger partial charge in [-0.3, -0.25) is 5.10 Å². The van der Waals surface area contributed by atoms with Crippen LogP contribution in [0.1, 0.15) is 50.6 Å². The van der Waals surface area contributed by atoms with Crippen LogP contribution >= 0.6 is 0 Å². The van der Waals surface area contributed by atoms with Crippen LogP contribution in [-0.4, -0.2) is 57.8 Å². The minimum atomic E-state index is 0.580. The maximum Gasteiger partial charge on any atom is 0.226 e. The van der Waals surface area contributed by atoms with E-state index in [-0.39, 0.29) is 0 Å². The molecular formula is C21H32N8. The smallest absolute Gasteiger partial charge is 0.226 e. The maximum atomic E-state index is 4.61. The normalized spacial score (nSPS) is 17.1. The molecule has 29 heavy (non-hydrogen) atoms. The molecule has 0 spiro atoms. The van der Waals surface area contributed by atoms with E-state index in [1.165, 1.54) is 50.9 Å². The van der Waals surface area contributed by atoms with Crippen molar-refractivity contribution in [3.8, 4) is 0 Å². The first-order valence-electron chi connectivity index (χ1n) is 10.7. The first kappa shape index (κ1) is 19.7. The van der Waals surface area contributed by atoms with Crippen molar-refractivity contribution in [3.05, 3.63) is 30.0 Å². The fraction of sp³-hybridized carbons (Fsp3) is 0.571. The molecule has 0 amide bonds. The molecule has 0 bridgehead atoms. The number of aromatic amines is 1. The molecule has 4 rings (SSSR count). The molecule has 8 heteroatoms. The highest BCUT2D eigenvalue weighted by atomic mass is 15.2. The number of aromatic nitrogens is 4. The largest absolute Gasteiger partial charge is 0.369 e. The molecule has 0 aromatic carbocycles. The second-order valence-corrected chi connectivity index (χ2v) is 8.21. The Bertz CT molecular complexity index is 820. The molecule has 0 atom stereocenters. The Morgan fingerprint density at radius 3 is 2.66 bits per heavy atom. The fourth-order valence-corrected chi connectivity index (χ4v) is 3.57. The third kappa shape index (κ3) is 5.93. The summed E-state index contributed by atoms with van der Waals surface area (Å²) in [6.45, 7) is 10.9. The zero-order chi connectivity index (χ0) is 20.1. The number of hydrogen-bond acceptors (Lipinski definition) is 7. The molecule has 2 aromatic heterocycles. The minimum Gasteiger partial charge on any atom is -0.369 e. The first-order chi connectivity index (χ1) is 14.2. The molecule has 1 saturated carbocycles. The summed E-state index contributed by atoms with van der Waals surface area (Å²) in [5.41, 5.74) is 2.23. The Hall–Kier alpha value is -2.61. The van der Waals surface area contributed by atoms with Crippen molar-refractivity contribution in [2.45, 2.75) is 44.9 Å². The number of piperidine rings is 1. The monoisotopic (exact) mass is 396 g/mol. The van der Waals surface area contributed by atoms with Gasteiger partial charge < -0.3 is 20.9 Å². The van der Waals surface area contributed by atoms with E-state index in [2.05, 4.69) is 53.7 Å². The third-order valence-corrected chi connectivity index (χ3v) is 5.33. The summed E-state index contributed by atoms with van der Waals surface area (Å²) < 4.78 is 0. The molecule has 2 fully saturated rings. The molecule has 2 aliphatic rings. The molecule has 1 aliphatic heterocycles. The molecule has 4 N–H and O–H groups in total. The summed E-state index contributed by atoms with van der Waals surface area (Å²) in [6.07, 6.45) is 6.47. The number of likely N-dealkylation sites (tertiary alicyclic amines) is 1. The van der Waals surface area contributed by atoms with Crippen LogP contribution < -0.4 is 16.0 Å². The SMILES string of the molecule is C=C(C)CNc1nc(NCCN2CCCCC2)cc(Nc2cc(C3CC3)[nH]n2)n1. The highest BCUT2D eigenvalue weighted by Gasteiger charge is 2.25. The van der Waals surface area contributed by atoms with Crippen molar-refractivity contribution in [2.75, 3.05) is 48.7 Å². The van der Waals surface area contributed by atoms with Gasteiger partial charge in [0.05, 0.1) is 0 Å². The predicted molar refractivity (Wildman–Crippen MR) is 118 cm³/mol. The van der Waals surface area contributed by atoms with E-state index in [1.807, 2.05) is 13.0 Å². The predicted octanol–water partition coefficient (Wildman–Crippen LogP) is 3.71. The Kier molecular flexibility index (Phi) is 6.29. The first-order valence-corrected chi connectivity index (χ1v) is 10.7. The highest BCUT2D eigenvalue weighted by molar-refractivity contribution is 5.59. The Labute approximate surface area is 172 Å². The summed E-state index contributed by atoms with van der Waals surface area (Å²) >= 11 is 0. The van der Waals surface area contributed by atoms with Crippen molar-refractivity contribution in [3.63, 3.8) is 0 Å². The molecule has 0 unspecified atom stereocenters. The van der Waals surface area contributed by atoms with Gasteiger partial charge in [-0.1, -0.05) is 18.6 Å². The molecule has 2 aromatic rings. The second kappa shape index (κ2) is 9.26. The van der Waals surface area contributed by atoms with Gasteiger partial charge in [-0.15, -0.1) is 0 Å². The Morgan fingerprint density at radius 1 is 1.10 bits per heavy atom. The highest BCUT2D eigenvalue weighted by Crippen LogP contribution is 2.39. The van der Waals surface area contributed by atoms with Crippen LogP contribution in [0.2, 0.25) is 0 Å². The molecule has 1 saturated heterocycles. The molecule has 156 valence electrons. The van der Waals surface area contributed by atoms with Crippen LogP contribution in [0.15, 0.2) is 24.3 Å². The topological polar surface area (TPSA) is 93.8 Å². The quantitative estimate of drug-likeness (QED) is 0.455. The number of hydrogen-bond donors (Lipinski definition) is 4. The number of H-pyrrole nitrogens is 1. The lowest BCUT2D eigenvalue weighted by molar-refractivity contribution is 0.237. The average Bonchev–Trinajstić information content (AvgIpc) is 3.47. The fourth-order valence-electron chi connectivity index (χ4n) is 3.57. The lowest BCUT2D eigenvalue weighted by Gasteiger charge is -2.26.